The van der Waals surface area contributed by atoms with Crippen molar-refractivity contribution in [3.8, 4) is 0 Å². The Hall–Kier alpha value is -1.84. The molecule has 2 N–H and O–H groups in total. The van der Waals surface area contributed by atoms with Gasteiger partial charge < -0.3 is 20.1 Å². The van der Waals surface area contributed by atoms with Crippen molar-refractivity contribution < 1.29 is 4.39 Å². The minimum absolute atomic E-state index is 0. The Morgan fingerprint density at radius 1 is 1.37 bits per heavy atom. The zero-order chi connectivity index (χ0) is 20.8. The molecular formula is C22H34FIN6. The van der Waals surface area contributed by atoms with Crippen molar-refractivity contribution in [3.63, 3.8) is 0 Å². The van der Waals surface area contributed by atoms with Crippen LogP contribution in [0.1, 0.15) is 38.1 Å². The number of benzene rings is 1. The van der Waals surface area contributed by atoms with E-state index >= 15 is 0 Å². The lowest BCUT2D eigenvalue weighted by molar-refractivity contribution is 0.461. The number of halogens is 2. The van der Waals surface area contributed by atoms with Crippen molar-refractivity contribution in [2.45, 2.75) is 52.7 Å². The predicted octanol–water partition coefficient (Wildman–Crippen LogP) is 3.94. The standard InChI is InChI=1S/C22H33FN6.HI/c1-16(2)14-29-11-9-25-21(29)13-26-22(24-4)27-18-6-5-10-28(15-18)20-12-17(3)7-8-19(20)23;/h7-9,11-12,16,18H,5-6,10,13-15H2,1-4H3,(H2,24,26,27);1H. The molecular weight excluding hydrogens is 494 g/mol. The molecule has 0 radical (unpaired) electrons. The van der Waals surface area contributed by atoms with E-state index in [0.29, 0.717) is 18.2 Å². The van der Waals surface area contributed by atoms with Crippen molar-refractivity contribution in [2.24, 2.45) is 10.9 Å². The summed E-state index contributed by atoms with van der Waals surface area (Å²) in [5.41, 5.74) is 1.76. The minimum atomic E-state index is -0.157. The first-order valence-electron chi connectivity index (χ1n) is 10.4. The summed E-state index contributed by atoms with van der Waals surface area (Å²) in [7, 11) is 1.77. The number of imidazole rings is 1. The molecule has 0 saturated carbocycles. The van der Waals surface area contributed by atoms with Gasteiger partial charge in [-0.15, -0.1) is 24.0 Å². The molecule has 1 aliphatic heterocycles. The summed E-state index contributed by atoms with van der Waals surface area (Å²) in [5, 5.41) is 6.87. The van der Waals surface area contributed by atoms with E-state index in [1.165, 1.54) is 0 Å². The maximum atomic E-state index is 14.3. The highest BCUT2D eigenvalue weighted by Crippen LogP contribution is 2.24. The van der Waals surface area contributed by atoms with Gasteiger partial charge in [0, 0.05) is 45.1 Å². The van der Waals surface area contributed by atoms with E-state index in [2.05, 4.69) is 43.9 Å². The summed E-state index contributed by atoms with van der Waals surface area (Å²) >= 11 is 0. The largest absolute Gasteiger partial charge is 0.367 e. The summed E-state index contributed by atoms with van der Waals surface area (Å²) < 4.78 is 16.5. The Balaban J connectivity index is 0.00000320. The van der Waals surface area contributed by atoms with Crippen LogP contribution < -0.4 is 15.5 Å². The first-order valence-corrected chi connectivity index (χ1v) is 10.4. The number of nitrogens with one attached hydrogen (secondary N) is 2. The fraction of sp³-hybridized carbons (Fsp3) is 0.545. The van der Waals surface area contributed by atoms with E-state index in [4.69, 9.17) is 0 Å². The molecule has 2 aromatic rings. The fourth-order valence-corrected chi connectivity index (χ4v) is 3.80. The van der Waals surface area contributed by atoms with Gasteiger partial charge in [-0.1, -0.05) is 19.9 Å². The van der Waals surface area contributed by atoms with Crippen LogP contribution in [0.2, 0.25) is 0 Å². The molecule has 1 unspecified atom stereocenters. The van der Waals surface area contributed by atoms with E-state index in [9.17, 15) is 4.39 Å². The molecule has 0 amide bonds. The SMILES string of the molecule is CN=C(NCc1nccn1CC(C)C)NC1CCCN(c2cc(C)ccc2F)C1.I. The zero-order valence-electron chi connectivity index (χ0n) is 18.4. The van der Waals surface area contributed by atoms with Crippen LogP contribution in [0.25, 0.3) is 0 Å². The first-order chi connectivity index (χ1) is 14.0. The lowest BCUT2D eigenvalue weighted by Gasteiger charge is -2.35. The fourth-order valence-electron chi connectivity index (χ4n) is 3.80. The number of aliphatic imine (C=N–C) groups is 1. The van der Waals surface area contributed by atoms with Crippen LogP contribution in [0.4, 0.5) is 10.1 Å². The third kappa shape index (κ3) is 6.58. The number of aromatic nitrogens is 2. The van der Waals surface area contributed by atoms with Crippen molar-refractivity contribution in [1.29, 1.82) is 0 Å². The second-order valence-electron chi connectivity index (χ2n) is 8.20. The van der Waals surface area contributed by atoms with Crippen molar-refractivity contribution in [1.82, 2.24) is 20.2 Å². The normalized spacial score (nSPS) is 17.1. The van der Waals surface area contributed by atoms with Gasteiger partial charge >= 0.3 is 0 Å². The second-order valence-corrected chi connectivity index (χ2v) is 8.20. The molecule has 166 valence electrons. The predicted molar refractivity (Wildman–Crippen MR) is 132 cm³/mol. The smallest absolute Gasteiger partial charge is 0.191 e. The Morgan fingerprint density at radius 2 is 2.17 bits per heavy atom. The molecule has 1 atom stereocenters. The molecule has 1 aromatic heterocycles. The monoisotopic (exact) mass is 528 g/mol. The topological polar surface area (TPSA) is 57.5 Å². The molecule has 1 aliphatic rings. The number of piperidine rings is 1. The number of anilines is 1. The molecule has 1 saturated heterocycles. The van der Waals surface area contributed by atoms with E-state index in [1.807, 2.05) is 31.5 Å². The summed E-state index contributed by atoms with van der Waals surface area (Å²) in [6, 6.07) is 5.51. The van der Waals surface area contributed by atoms with Crippen LogP contribution in [-0.4, -0.2) is 41.7 Å². The van der Waals surface area contributed by atoms with Crippen LogP contribution >= 0.6 is 24.0 Å². The van der Waals surface area contributed by atoms with E-state index in [1.54, 1.807) is 13.1 Å². The molecule has 8 heteroatoms. The lowest BCUT2D eigenvalue weighted by atomic mass is 10.0. The van der Waals surface area contributed by atoms with Gasteiger partial charge in [0.2, 0.25) is 0 Å². The summed E-state index contributed by atoms with van der Waals surface area (Å²) in [6.07, 6.45) is 5.90. The third-order valence-electron chi connectivity index (χ3n) is 5.21. The van der Waals surface area contributed by atoms with Gasteiger partial charge in [-0.05, 0) is 43.4 Å². The number of hydrogen-bond acceptors (Lipinski definition) is 3. The number of nitrogens with zero attached hydrogens (tertiary/aromatic N) is 4. The quantitative estimate of drug-likeness (QED) is 0.339. The van der Waals surface area contributed by atoms with Gasteiger partial charge in [-0.25, -0.2) is 9.37 Å². The van der Waals surface area contributed by atoms with E-state index < -0.39 is 0 Å². The molecule has 3 rings (SSSR count). The van der Waals surface area contributed by atoms with Gasteiger partial charge in [0.05, 0.1) is 12.2 Å². The number of hydrogen-bond donors (Lipinski definition) is 2. The Bertz CT molecular complexity index is 835. The van der Waals surface area contributed by atoms with Crippen LogP contribution in [0, 0.1) is 18.7 Å². The first kappa shape index (κ1) is 24.4. The molecule has 30 heavy (non-hydrogen) atoms. The van der Waals surface area contributed by atoms with Crippen LogP contribution in [0.15, 0.2) is 35.6 Å². The Morgan fingerprint density at radius 3 is 2.90 bits per heavy atom. The second kappa shape index (κ2) is 11.5. The van der Waals surface area contributed by atoms with Crippen molar-refractivity contribution in [2.75, 3.05) is 25.0 Å². The van der Waals surface area contributed by atoms with E-state index in [0.717, 1.165) is 49.8 Å². The van der Waals surface area contributed by atoms with Gasteiger partial charge in [0.15, 0.2) is 5.96 Å². The number of rotatable bonds is 6. The van der Waals surface area contributed by atoms with Crippen molar-refractivity contribution in [3.05, 3.63) is 47.8 Å². The lowest BCUT2D eigenvalue weighted by Crippen LogP contribution is -2.51. The zero-order valence-corrected chi connectivity index (χ0v) is 20.7. The molecule has 1 aromatic carbocycles. The molecule has 1 fully saturated rings. The Labute approximate surface area is 196 Å². The summed E-state index contributed by atoms with van der Waals surface area (Å²) in [5.74, 6) is 2.15. The summed E-state index contributed by atoms with van der Waals surface area (Å²) in [6.45, 7) is 9.58. The minimum Gasteiger partial charge on any atom is -0.367 e. The highest BCUT2D eigenvalue weighted by atomic mass is 127. The van der Waals surface area contributed by atoms with Gasteiger partial charge in [0.25, 0.3) is 0 Å². The number of aryl methyl sites for hydroxylation is 1. The average molecular weight is 528 g/mol. The van der Waals surface area contributed by atoms with Gasteiger partial charge in [-0.3, -0.25) is 4.99 Å². The van der Waals surface area contributed by atoms with Crippen LogP contribution in [0.3, 0.4) is 0 Å². The molecule has 6 nitrogen and oxygen atoms in total. The average Bonchev–Trinajstić information content (AvgIpc) is 3.13. The Kier molecular flexibility index (Phi) is 9.38. The van der Waals surface area contributed by atoms with Crippen LogP contribution in [0.5, 0.6) is 0 Å². The molecule has 2 heterocycles. The molecule has 0 bridgehead atoms. The van der Waals surface area contributed by atoms with Gasteiger partial charge in [-0.2, -0.15) is 0 Å². The maximum absolute atomic E-state index is 14.3. The highest BCUT2D eigenvalue weighted by molar-refractivity contribution is 14.0. The molecule has 0 aliphatic carbocycles. The van der Waals surface area contributed by atoms with Crippen LogP contribution in [-0.2, 0) is 13.1 Å². The van der Waals surface area contributed by atoms with E-state index in [-0.39, 0.29) is 35.8 Å². The molecule has 0 spiro atoms. The van der Waals surface area contributed by atoms with Crippen molar-refractivity contribution >= 4 is 35.6 Å². The third-order valence-corrected chi connectivity index (χ3v) is 5.21. The highest BCUT2D eigenvalue weighted by Gasteiger charge is 2.23. The number of guanidine groups is 1. The summed E-state index contributed by atoms with van der Waals surface area (Å²) in [4.78, 5) is 11.0. The van der Waals surface area contributed by atoms with Gasteiger partial charge in [0.1, 0.15) is 11.6 Å². The maximum Gasteiger partial charge on any atom is 0.191 e.